The molecule has 0 bridgehead atoms. The van der Waals surface area contributed by atoms with Crippen LogP contribution in [0.5, 0.6) is 5.75 Å². The van der Waals surface area contributed by atoms with E-state index in [0.29, 0.717) is 21.4 Å². The van der Waals surface area contributed by atoms with Crippen molar-refractivity contribution < 1.29 is 14.6 Å². The fourth-order valence-electron chi connectivity index (χ4n) is 1.68. The SMILES string of the molecule is COc1cc(Cl)c(C(C)(C)CC(=O)O)cc1Cl. The van der Waals surface area contributed by atoms with Crippen molar-refractivity contribution in [3.63, 3.8) is 0 Å². The number of carbonyl (C=O) groups is 1. The summed E-state index contributed by atoms with van der Waals surface area (Å²) < 4.78 is 5.04. The molecule has 94 valence electrons. The number of rotatable bonds is 4. The molecule has 3 nitrogen and oxygen atoms in total. The summed E-state index contributed by atoms with van der Waals surface area (Å²) in [5, 5.41) is 9.75. The number of hydrogen-bond donors (Lipinski definition) is 1. The van der Waals surface area contributed by atoms with Crippen molar-refractivity contribution in [2.24, 2.45) is 0 Å². The molecule has 0 radical (unpaired) electrons. The van der Waals surface area contributed by atoms with Gasteiger partial charge in [0.15, 0.2) is 0 Å². The zero-order chi connectivity index (χ0) is 13.2. The number of benzene rings is 1. The van der Waals surface area contributed by atoms with Crippen molar-refractivity contribution in [1.29, 1.82) is 0 Å². The Morgan fingerprint density at radius 3 is 2.41 bits per heavy atom. The molecule has 0 fully saturated rings. The smallest absolute Gasteiger partial charge is 0.304 e. The highest BCUT2D eigenvalue weighted by Crippen LogP contribution is 2.38. The van der Waals surface area contributed by atoms with Crippen LogP contribution in [0.1, 0.15) is 25.8 Å². The molecule has 0 saturated heterocycles. The van der Waals surface area contributed by atoms with Gasteiger partial charge < -0.3 is 9.84 Å². The van der Waals surface area contributed by atoms with Gasteiger partial charge >= 0.3 is 5.97 Å². The van der Waals surface area contributed by atoms with Crippen LogP contribution in [0.15, 0.2) is 12.1 Å². The predicted molar refractivity (Wildman–Crippen MR) is 68.3 cm³/mol. The van der Waals surface area contributed by atoms with E-state index in [4.69, 9.17) is 33.0 Å². The summed E-state index contributed by atoms with van der Waals surface area (Å²) in [5.74, 6) is -0.399. The molecule has 0 aliphatic rings. The lowest BCUT2D eigenvalue weighted by molar-refractivity contribution is -0.138. The lowest BCUT2D eigenvalue weighted by Gasteiger charge is -2.25. The Kier molecular flexibility index (Phi) is 4.28. The molecule has 17 heavy (non-hydrogen) atoms. The summed E-state index contributed by atoms with van der Waals surface area (Å²) in [5.41, 5.74) is 0.117. The first-order valence-electron chi connectivity index (χ1n) is 5.03. The van der Waals surface area contributed by atoms with E-state index in [1.54, 1.807) is 12.1 Å². The van der Waals surface area contributed by atoms with Crippen molar-refractivity contribution in [1.82, 2.24) is 0 Å². The lowest BCUT2D eigenvalue weighted by Crippen LogP contribution is -2.22. The number of halogens is 2. The number of methoxy groups -OCH3 is 1. The van der Waals surface area contributed by atoms with E-state index in [1.807, 2.05) is 13.8 Å². The first kappa shape index (κ1) is 14.1. The highest BCUT2D eigenvalue weighted by molar-refractivity contribution is 6.34. The van der Waals surface area contributed by atoms with E-state index in [2.05, 4.69) is 0 Å². The highest BCUT2D eigenvalue weighted by Gasteiger charge is 2.27. The maximum absolute atomic E-state index is 10.8. The van der Waals surface area contributed by atoms with Gasteiger partial charge in [0.2, 0.25) is 0 Å². The summed E-state index contributed by atoms with van der Waals surface area (Å²) in [4.78, 5) is 10.8. The van der Waals surface area contributed by atoms with E-state index >= 15 is 0 Å². The van der Waals surface area contributed by atoms with Crippen LogP contribution >= 0.6 is 23.2 Å². The summed E-state index contributed by atoms with van der Waals surface area (Å²) >= 11 is 12.1. The van der Waals surface area contributed by atoms with Gasteiger partial charge in [0.05, 0.1) is 18.6 Å². The fourth-order valence-corrected chi connectivity index (χ4v) is 2.33. The van der Waals surface area contributed by atoms with Gasteiger partial charge in [-0.2, -0.15) is 0 Å². The minimum Gasteiger partial charge on any atom is -0.495 e. The molecular formula is C12H14Cl2O3. The monoisotopic (exact) mass is 276 g/mol. The number of ether oxygens (including phenoxy) is 1. The molecule has 1 N–H and O–H groups in total. The van der Waals surface area contributed by atoms with Gasteiger partial charge in [-0.1, -0.05) is 37.0 Å². The minimum atomic E-state index is -0.877. The predicted octanol–water partition coefficient (Wildman–Crippen LogP) is 3.75. The Balaban J connectivity index is 3.22. The second-order valence-electron chi connectivity index (χ2n) is 4.42. The standard InChI is InChI=1S/C12H14Cl2O3/c1-12(2,6-11(15)16)7-4-9(14)10(17-3)5-8(7)13/h4-5H,6H2,1-3H3,(H,15,16). The van der Waals surface area contributed by atoms with Crippen LogP contribution in [0, 0.1) is 0 Å². The molecule has 0 aliphatic heterocycles. The average Bonchev–Trinajstić information content (AvgIpc) is 2.18. The van der Waals surface area contributed by atoms with Crippen LogP contribution < -0.4 is 4.74 Å². The third kappa shape index (κ3) is 3.27. The van der Waals surface area contributed by atoms with Crippen molar-refractivity contribution in [3.05, 3.63) is 27.7 Å². The van der Waals surface area contributed by atoms with Crippen LogP contribution in [-0.4, -0.2) is 18.2 Å². The maximum atomic E-state index is 10.8. The Bertz CT molecular complexity index is 442. The van der Waals surface area contributed by atoms with Gasteiger partial charge in [0, 0.05) is 16.5 Å². The molecule has 0 heterocycles. The van der Waals surface area contributed by atoms with Crippen molar-refractivity contribution in [2.75, 3.05) is 7.11 Å². The van der Waals surface area contributed by atoms with Crippen molar-refractivity contribution in [3.8, 4) is 5.75 Å². The van der Waals surface area contributed by atoms with E-state index in [1.165, 1.54) is 7.11 Å². The quantitative estimate of drug-likeness (QED) is 0.911. The van der Waals surface area contributed by atoms with Gasteiger partial charge in [0.25, 0.3) is 0 Å². The fraction of sp³-hybridized carbons (Fsp3) is 0.417. The van der Waals surface area contributed by atoms with Gasteiger partial charge in [0.1, 0.15) is 5.75 Å². The molecule has 1 rings (SSSR count). The number of carboxylic acid groups (broad SMARTS) is 1. The largest absolute Gasteiger partial charge is 0.495 e. The molecule has 1 aromatic carbocycles. The van der Waals surface area contributed by atoms with Crippen LogP contribution in [-0.2, 0) is 10.2 Å². The molecule has 0 aliphatic carbocycles. The lowest BCUT2D eigenvalue weighted by atomic mass is 9.81. The second-order valence-corrected chi connectivity index (χ2v) is 5.24. The van der Waals surface area contributed by atoms with E-state index < -0.39 is 11.4 Å². The van der Waals surface area contributed by atoms with Gasteiger partial charge in [-0.25, -0.2) is 0 Å². The Hall–Kier alpha value is -0.930. The Morgan fingerprint density at radius 2 is 1.94 bits per heavy atom. The van der Waals surface area contributed by atoms with Crippen LogP contribution in [0.3, 0.4) is 0 Å². The zero-order valence-corrected chi connectivity index (χ0v) is 11.4. The van der Waals surface area contributed by atoms with Gasteiger partial charge in [-0.05, 0) is 11.6 Å². The molecule has 0 aromatic heterocycles. The van der Waals surface area contributed by atoms with Crippen molar-refractivity contribution in [2.45, 2.75) is 25.7 Å². The molecule has 0 saturated carbocycles. The molecule has 0 unspecified atom stereocenters. The molecule has 5 heteroatoms. The zero-order valence-electron chi connectivity index (χ0n) is 9.88. The third-order valence-electron chi connectivity index (χ3n) is 2.56. The maximum Gasteiger partial charge on any atom is 0.304 e. The first-order chi connectivity index (χ1) is 7.77. The van der Waals surface area contributed by atoms with Crippen LogP contribution in [0.2, 0.25) is 10.0 Å². The summed E-state index contributed by atoms with van der Waals surface area (Å²) in [6, 6.07) is 3.26. The summed E-state index contributed by atoms with van der Waals surface area (Å²) in [7, 11) is 1.50. The molecule has 0 amide bonds. The van der Waals surface area contributed by atoms with Crippen LogP contribution in [0.4, 0.5) is 0 Å². The molecule has 0 atom stereocenters. The number of hydrogen-bond acceptors (Lipinski definition) is 2. The van der Waals surface area contributed by atoms with Gasteiger partial charge in [-0.3, -0.25) is 4.79 Å². The molecule has 1 aromatic rings. The topological polar surface area (TPSA) is 46.5 Å². The minimum absolute atomic E-state index is 0.0185. The van der Waals surface area contributed by atoms with Crippen molar-refractivity contribution >= 4 is 29.2 Å². The van der Waals surface area contributed by atoms with E-state index in [9.17, 15) is 4.79 Å². The summed E-state index contributed by atoms with van der Waals surface area (Å²) in [6.07, 6.45) is -0.0185. The Morgan fingerprint density at radius 1 is 1.35 bits per heavy atom. The highest BCUT2D eigenvalue weighted by atomic mass is 35.5. The average molecular weight is 277 g/mol. The number of carboxylic acids is 1. The van der Waals surface area contributed by atoms with E-state index in [-0.39, 0.29) is 6.42 Å². The first-order valence-corrected chi connectivity index (χ1v) is 5.79. The van der Waals surface area contributed by atoms with E-state index in [0.717, 1.165) is 0 Å². The normalized spacial score (nSPS) is 11.4. The number of aliphatic carboxylic acids is 1. The summed E-state index contributed by atoms with van der Waals surface area (Å²) in [6.45, 7) is 3.62. The van der Waals surface area contributed by atoms with Crippen LogP contribution in [0.25, 0.3) is 0 Å². The van der Waals surface area contributed by atoms with Gasteiger partial charge in [-0.15, -0.1) is 0 Å². The Labute approximate surface area is 110 Å². The molecular weight excluding hydrogens is 263 g/mol. The molecule has 0 spiro atoms. The third-order valence-corrected chi connectivity index (χ3v) is 3.17. The second kappa shape index (κ2) is 5.15.